The largest absolute Gasteiger partial charge is 0.497 e. The lowest BCUT2D eigenvalue weighted by Crippen LogP contribution is -2.59. The summed E-state index contributed by atoms with van der Waals surface area (Å²) in [6.45, 7) is 4.75. The van der Waals surface area contributed by atoms with Gasteiger partial charge < -0.3 is 14.4 Å². The molecule has 1 saturated heterocycles. The molecule has 0 aromatic heterocycles. The predicted molar refractivity (Wildman–Crippen MR) is 140 cm³/mol. The van der Waals surface area contributed by atoms with Crippen molar-refractivity contribution in [3.8, 4) is 11.5 Å². The maximum absolute atomic E-state index is 13.6. The first-order valence-corrected chi connectivity index (χ1v) is 12.8. The Labute approximate surface area is 209 Å². The van der Waals surface area contributed by atoms with Gasteiger partial charge in [0.2, 0.25) is 0 Å². The number of ketones is 1. The minimum Gasteiger partial charge on any atom is -0.497 e. The Balaban J connectivity index is 1.58. The molecule has 1 aliphatic carbocycles. The summed E-state index contributed by atoms with van der Waals surface area (Å²) in [7, 11) is 3.35. The zero-order valence-corrected chi connectivity index (χ0v) is 21.7. The fourth-order valence-electron chi connectivity index (χ4n) is 6.43. The number of fused-ring (bicyclic) bond motifs is 1. The number of anilines is 1. The van der Waals surface area contributed by atoms with E-state index >= 15 is 0 Å². The number of ether oxygens (including phenoxy) is 2. The molecule has 2 aromatic carbocycles. The summed E-state index contributed by atoms with van der Waals surface area (Å²) in [5.41, 5.74) is 3.47. The zero-order valence-electron chi connectivity index (χ0n) is 19.5. The minimum absolute atomic E-state index is 0.131. The lowest BCUT2D eigenvalue weighted by atomic mass is 9.64. The van der Waals surface area contributed by atoms with Crippen molar-refractivity contribution in [1.82, 2.24) is 4.90 Å². The second-order valence-electron chi connectivity index (χ2n) is 9.24. The highest BCUT2D eigenvalue weighted by atomic mass is 127. The number of rotatable bonds is 6. The first-order chi connectivity index (χ1) is 16.0. The van der Waals surface area contributed by atoms with E-state index in [2.05, 4.69) is 75.7 Å². The van der Waals surface area contributed by atoms with E-state index < -0.39 is 0 Å². The van der Waals surface area contributed by atoms with Crippen LogP contribution < -0.4 is 14.4 Å². The van der Waals surface area contributed by atoms with Gasteiger partial charge in [-0.15, -0.1) is 0 Å². The van der Waals surface area contributed by atoms with E-state index in [1.165, 1.54) is 14.8 Å². The predicted octanol–water partition coefficient (Wildman–Crippen LogP) is 5.11. The fourth-order valence-corrected chi connectivity index (χ4v) is 6.86. The van der Waals surface area contributed by atoms with Crippen LogP contribution in [0, 0.1) is 0 Å². The molecule has 0 bridgehead atoms. The molecule has 2 aliphatic heterocycles. The summed E-state index contributed by atoms with van der Waals surface area (Å²) in [6.07, 6.45) is 4.80. The van der Waals surface area contributed by atoms with Gasteiger partial charge in [-0.2, -0.15) is 0 Å². The van der Waals surface area contributed by atoms with Crippen LogP contribution in [-0.4, -0.2) is 50.1 Å². The van der Waals surface area contributed by atoms with Crippen LogP contribution >= 0.6 is 22.6 Å². The van der Waals surface area contributed by atoms with Gasteiger partial charge in [0.25, 0.3) is 0 Å². The molecule has 33 heavy (non-hydrogen) atoms. The topological polar surface area (TPSA) is 42.0 Å². The second-order valence-corrected chi connectivity index (χ2v) is 10.6. The van der Waals surface area contributed by atoms with Crippen LogP contribution in [0.4, 0.5) is 5.69 Å². The van der Waals surface area contributed by atoms with Crippen molar-refractivity contribution in [1.29, 1.82) is 0 Å². The van der Waals surface area contributed by atoms with Crippen molar-refractivity contribution in [2.75, 3.05) is 32.2 Å². The minimum atomic E-state index is -0.143. The van der Waals surface area contributed by atoms with Crippen LogP contribution in [0.5, 0.6) is 11.5 Å². The Morgan fingerprint density at radius 3 is 2.79 bits per heavy atom. The van der Waals surface area contributed by atoms with Gasteiger partial charge in [-0.25, -0.2) is 0 Å². The zero-order chi connectivity index (χ0) is 23.2. The third-order valence-corrected chi connectivity index (χ3v) is 8.80. The van der Waals surface area contributed by atoms with Crippen LogP contribution in [0.3, 0.4) is 0 Å². The highest BCUT2D eigenvalue weighted by Gasteiger charge is 2.63. The van der Waals surface area contributed by atoms with Gasteiger partial charge in [0.15, 0.2) is 5.78 Å². The number of halogens is 1. The Bertz CT molecular complexity index is 1100. The normalized spacial score (nSPS) is 26.7. The smallest absolute Gasteiger partial charge is 0.156 e. The molecule has 0 unspecified atom stereocenters. The maximum Gasteiger partial charge on any atom is 0.156 e. The van der Waals surface area contributed by atoms with Gasteiger partial charge in [0.1, 0.15) is 11.5 Å². The lowest BCUT2D eigenvalue weighted by molar-refractivity contribution is -0.124. The van der Waals surface area contributed by atoms with E-state index in [9.17, 15) is 4.79 Å². The number of hydrogen-bond acceptors (Lipinski definition) is 5. The van der Waals surface area contributed by atoms with Crippen molar-refractivity contribution in [3.05, 3.63) is 63.2 Å². The molecule has 5 nitrogen and oxygen atoms in total. The summed E-state index contributed by atoms with van der Waals surface area (Å²) in [5, 5.41) is 0. The van der Waals surface area contributed by atoms with Crippen LogP contribution in [-0.2, 0) is 16.8 Å². The number of Topliss-reactive ketones (excluding diaryl/α,β-unsaturated/α-hetero) is 1. The van der Waals surface area contributed by atoms with E-state index in [0.717, 1.165) is 43.0 Å². The molecule has 5 rings (SSSR count). The third-order valence-electron chi connectivity index (χ3n) is 7.83. The van der Waals surface area contributed by atoms with E-state index in [0.29, 0.717) is 24.8 Å². The average Bonchev–Trinajstić information content (AvgIpc) is 3.35. The van der Waals surface area contributed by atoms with Crippen LogP contribution in [0.25, 0.3) is 0 Å². The maximum atomic E-state index is 13.6. The fraction of sp³-hybridized carbons (Fsp3) is 0.444. The summed E-state index contributed by atoms with van der Waals surface area (Å²) in [5.74, 6) is 1.94. The second kappa shape index (κ2) is 8.95. The monoisotopic (exact) mass is 558 g/mol. The molecule has 1 saturated carbocycles. The van der Waals surface area contributed by atoms with E-state index in [-0.39, 0.29) is 11.5 Å². The quantitative estimate of drug-likeness (QED) is 0.462. The number of carbonyl (C=O) groups excluding carboxylic acids is 1. The van der Waals surface area contributed by atoms with Crippen molar-refractivity contribution >= 4 is 34.1 Å². The molecular weight excluding hydrogens is 527 g/mol. The molecule has 2 heterocycles. The summed E-state index contributed by atoms with van der Waals surface area (Å²) >= 11 is 2.45. The van der Waals surface area contributed by atoms with Crippen molar-refractivity contribution in [3.63, 3.8) is 0 Å². The molecule has 3 aliphatic rings. The SMILES string of the molecule is C/C=C(\I)CN1CC[C@]23c4ccccc4N(Cc4ccc(OC)cc4OC)[C@H]2C(=O)CC[C@H]13. The van der Waals surface area contributed by atoms with E-state index in [1.807, 2.05) is 12.1 Å². The molecule has 2 fully saturated rings. The van der Waals surface area contributed by atoms with Gasteiger partial charge in [-0.05, 0) is 72.7 Å². The highest BCUT2D eigenvalue weighted by Crippen LogP contribution is 2.57. The number of likely N-dealkylation sites (tertiary alicyclic amines) is 1. The van der Waals surface area contributed by atoms with Crippen molar-refractivity contribution in [2.45, 2.75) is 50.2 Å². The Kier molecular flexibility index (Phi) is 6.16. The van der Waals surface area contributed by atoms with Gasteiger partial charge >= 0.3 is 0 Å². The summed E-state index contributed by atoms with van der Waals surface area (Å²) < 4.78 is 12.5. The first-order valence-electron chi connectivity index (χ1n) is 11.7. The van der Waals surface area contributed by atoms with Crippen LogP contribution in [0.2, 0.25) is 0 Å². The number of para-hydroxylation sites is 1. The molecule has 174 valence electrons. The Morgan fingerprint density at radius 1 is 1.21 bits per heavy atom. The summed E-state index contributed by atoms with van der Waals surface area (Å²) in [4.78, 5) is 18.6. The number of nitrogens with zero attached hydrogens (tertiary/aromatic N) is 2. The standard InChI is InChI=1S/C27H31IN2O3/c1-4-19(28)17-29-14-13-27-21-7-5-6-8-22(21)30(26(27)23(31)11-12-25(27)29)16-18-9-10-20(32-2)15-24(18)33-3/h4-10,15,25-26H,11-14,16-17H2,1-3H3/b19-4-/t25-,26-,27+/m0/s1. The van der Waals surface area contributed by atoms with Crippen LogP contribution in [0.15, 0.2) is 52.1 Å². The van der Waals surface area contributed by atoms with Gasteiger partial charge in [0, 0.05) is 51.9 Å². The number of allylic oxidation sites excluding steroid dienone is 1. The van der Waals surface area contributed by atoms with E-state index in [4.69, 9.17) is 9.47 Å². The number of methoxy groups -OCH3 is 2. The molecular formula is C27H31IN2O3. The third kappa shape index (κ3) is 3.57. The summed E-state index contributed by atoms with van der Waals surface area (Å²) in [6, 6.07) is 14.9. The first kappa shape index (κ1) is 22.7. The van der Waals surface area contributed by atoms with Gasteiger partial charge in [-0.1, -0.05) is 24.3 Å². The number of carbonyl (C=O) groups is 1. The molecule has 0 N–H and O–H groups in total. The van der Waals surface area contributed by atoms with Crippen molar-refractivity contribution in [2.24, 2.45) is 0 Å². The molecule has 3 atom stereocenters. The highest BCUT2D eigenvalue weighted by molar-refractivity contribution is 14.1. The molecule has 0 amide bonds. The van der Waals surface area contributed by atoms with Gasteiger partial charge in [0.05, 0.1) is 20.3 Å². The lowest BCUT2D eigenvalue weighted by Gasteiger charge is -2.45. The molecule has 6 heteroatoms. The Hall–Kier alpha value is -2.06. The molecule has 2 aromatic rings. The van der Waals surface area contributed by atoms with Crippen molar-refractivity contribution < 1.29 is 14.3 Å². The number of benzene rings is 2. The van der Waals surface area contributed by atoms with E-state index in [1.54, 1.807) is 14.2 Å². The molecule has 1 spiro atoms. The average molecular weight is 558 g/mol. The Morgan fingerprint density at radius 2 is 2.03 bits per heavy atom. The number of hydrogen-bond donors (Lipinski definition) is 0. The van der Waals surface area contributed by atoms with Crippen LogP contribution in [0.1, 0.15) is 37.3 Å². The van der Waals surface area contributed by atoms with Gasteiger partial charge in [-0.3, -0.25) is 9.69 Å². The molecule has 0 radical (unpaired) electrons.